The van der Waals surface area contributed by atoms with Gasteiger partial charge in [-0.05, 0) is 31.2 Å². The van der Waals surface area contributed by atoms with Crippen molar-refractivity contribution in [1.29, 1.82) is 0 Å². The van der Waals surface area contributed by atoms with Crippen molar-refractivity contribution in [3.05, 3.63) is 48.0 Å². The Morgan fingerprint density at radius 3 is 2.56 bits per heavy atom. The Hall–Kier alpha value is -2.74. The Bertz CT molecular complexity index is 890. The molecule has 0 saturated heterocycles. The van der Waals surface area contributed by atoms with Crippen molar-refractivity contribution < 1.29 is 31.6 Å². The monoisotopic (exact) mass is 364 g/mol. The highest BCUT2D eigenvalue weighted by Gasteiger charge is 2.24. The van der Waals surface area contributed by atoms with Gasteiger partial charge in [0.05, 0.1) is 6.61 Å². The minimum atomic E-state index is -4.16. The topological polar surface area (TPSA) is 88.1 Å². The van der Waals surface area contributed by atoms with Crippen LogP contribution in [0.4, 0.5) is 0 Å². The van der Waals surface area contributed by atoms with Crippen LogP contribution in [-0.4, -0.2) is 34.2 Å². The number of hydrogen-bond donors (Lipinski definition) is 0. The van der Waals surface area contributed by atoms with Crippen molar-refractivity contribution >= 4 is 16.1 Å². The predicted molar refractivity (Wildman–Crippen MR) is 87.6 cm³/mol. The summed E-state index contributed by atoms with van der Waals surface area (Å²) in [6.07, 6.45) is 0. The van der Waals surface area contributed by atoms with Gasteiger partial charge in [0.15, 0.2) is 17.2 Å². The molecular weight excluding hydrogens is 348 g/mol. The second-order valence-corrected chi connectivity index (χ2v) is 6.61. The lowest BCUT2D eigenvalue weighted by molar-refractivity contribution is 0.0524. The molecule has 1 aliphatic heterocycles. The normalized spacial score (nSPS) is 13.2. The third-order valence-electron chi connectivity index (χ3n) is 3.38. The zero-order valence-corrected chi connectivity index (χ0v) is 14.2. The zero-order valence-electron chi connectivity index (χ0n) is 13.4. The van der Waals surface area contributed by atoms with E-state index in [1.807, 2.05) is 0 Å². The summed E-state index contributed by atoms with van der Waals surface area (Å²) >= 11 is 0. The number of ether oxygens (including phenoxy) is 3. The number of rotatable bonds is 5. The van der Waals surface area contributed by atoms with Gasteiger partial charge in [-0.1, -0.05) is 12.1 Å². The molecule has 25 heavy (non-hydrogen) atoms. The van der Waals surface area contributed by atoms with Gasteiger partial charge < -0.3 is 18.4 Å². The molecule has 0 spiro atoms. The van der Waals surface area contributed by atoms with E-state index in [-0.39, 0.29) is 22.8 Å². The molecule has 8 heteroatoms. The minimum Gasteiger partial charge on any atom is -0.486 e. The third kappa shape index (κ3) is 3.69. The Morgan fingerprint density at radius 1 is 1.08 bits per heavy atom. The number of carbonyl (C=O) groups is 1. The van der Waals surface area contributed by atoms with Gasteiger partial charge in [0.25, 0.3) is 0 Å². The Morgan fingerprint density at radius 2 is 1.80 bits per heavy atom. The van der Waals surface area contributed by atoms with Crippen LogP contribution in [0.1, 0.15) is 17.3 Å². The second-order valence-electron chi connectivity index (χ2n) is 5.06. The van der Waals surface area contributed by atoms with Crippen molar-refractivity contribution in [2.75, 3.05) is 19.8 Å². The van der Waals surface area contributed by atoms with Crippen LogP contribution in [0.3, 0.4) is 0 Å². The minimum absolute atomic E-state index is 0.0328. The van der Waals surface area contributed by atoms with Crippen LogP contribution >= 0.6 is 0 Å². The number of carbonyl (C=O) groups excluding carboxylic acids is 1. The van der Waals surface area contributed by atoms with Crippen LogP contribution in [0.25, 0.3) is 0 Å². The fourth-order valence-corrected chi connectivity index (χ4v) is 3.23. The van der Waals surface area contributed by atoms with Gasteiger partial charge in [-0.25, -0.2) is 4.79 Å². The Labute approximate surface area is 145 Å². The molecule has 0 saturated carbocycles. The average Bonchev–Trinajstić information content (AvgIpc) is 2.61. The highest BCUT2D eigenvalue weighted by Crippen LogP contribution is 2.33. The number of hydrogen-bond acceptors (Lipinski definition) is 7. The first-order valence-corrected chi connectivity index (χ1v) is 9.02. The molecule has 0 radical (unpaired) electrons. The molecule has 0 fully saturated rings. The van der Waals surface area contributed by atoms with Crippen molar-refractivity contribution in [2.24, 2.45) is 0 Å². The molecule has 0 aromatic heterocycles. The molecule has 2 aromatic rings. The maximum absolute atomic E-state index is 12.5. The van der Waals surface area contributed by atoms with Crippen LogP contribution in [0.15, 0.2) is 47.4 Å². The predicted octanol–water partition coefficient (Wildman–Crippen LogP) is 2.40. The molecule has 0 unspecified atom stereocenters. The quantitative estimate of drug-likeness (QED) is 0.594. The summed E-state index contributed by atoms with van der Waals surface area (Å²) in [7, 11) is -4.16. The number of benzene rings is 2. The van der Waals surface area contributed by atoms with Gasteiger partial charge in [0.2, 0.25) is 0 Å². The molecule has 3 rings (SSSR count). The summed E-state index contributed by atoms with van der Waals surface area (Å²) in [6.45, 7) is 2.57. The largest absolute Gasteiger partial charge is 0.486 e. The van der Waals surface area contributed by atoms with E-state index in [1.54, 1.807) is 19.1 Å². The lowest BCUT2D eigenvalue weighted by atomic mass is 10.2. The summed E-state index contributed by atoms with van der Waals surface area (Å²) in [5.41, 5.74) is 0.0328. The summed E-state index contributed by atoms with van der Waals surface area (Å²) in [4.78, 5) is 11.8. The molecule has 1 heterocycles. The highest BCUT2D eigenvalue weighted by molar-refractivity contribution is 7.87. The zero-order chi connectivity index (χ0) is 17.9. The number of para-hydroxylation sites is 1. The molecule has 132 valence electrons. The molecule has 0 N–H and O–H groups in total. The van der Waals surface area contributed by atoms with E-state index < -0.39 is 16.1 Å². The van der Waals surface area contributed by atoms with Crippen molar-refractivity contribution in [3.63, 3.8) is 0 Å². The van der Waals surface area contributed by atoms with Gasteiger partial charge in [0, 0.05) is 6.07 Å². The van der Waals surface area contributed by atoms with Gasteiger partial charge in [-0.15, -0.1) is 0 Å². The molecule has 0 amide bonds. The lowest BCUT2D eigenvalue weighted by Gasteiger charge is -2.19. The highest BCUT2D eigenvalue weighted by atomic mass is 32.2. The van der Waals surface area contributed by atoms with Crippen LogP contribution in [0.5, 0.6) is 17.2 Å². The summed E-state index contributed by atoms with van der Waals surface area (Å²) in [5.74, 6) is 0.0399. The van der Waals surface area contributed by atoms with E-state index in [0.717, 1.165) is 0 Å². The lowest BCUT2D eigenvalue weighted by Crippen LogP contribution is -2.17. The second kappa shape index (κ2) is 7.02. The van der Waals surface area contributed by atoms with Gasteiger partial charge in [0.1, 0.15) is 23.7 Å². The van der Waals surface area contributed by atoms with Crippen molar-refractivity contribution in [3.8, 4) is 17.2 Å². The van der Waals surface area contributed by atoms with E-state index >= 15 is 0 Å². The first-order chi connectivity index (χ1) is 12.0. The standard InChI is InChI=1S/C17H16O7S/c1-2-21-17(18)13-5-3-4-6-14(13)24-25(19,20)12-7-8-15-16(11-12)23-10-9-22-15/h3-8,11H,2,9-10H2,1H3. The average molecular weight is 364 g/mol. The van der Waals surface area contributed by atoms with Crippen LogP contribution < -0.4 is 13.7 Å². The van der Waals surface area contributed by atoms with E-state index in [0.29, 0.717) is 24.7 Å². The summed E-state index contributed by atoms with van der Waals surface area (Å²) < 4.78 is 45.9. The molecule has 2 aromatic carbocycles. The summed E-state index contributed by atoms with van der Waals surface area (Å²) in [5, 5.41) is 0. The molecular formula is C17H16O7S. The fraction of sp³-hybridized carbons (Fsp3) is 0.235. The van der Waals surface area contributed by atoms with E-state index in [4.69, 9.17) is 18.4 Å². The molecule has 7 nitrogen and oxygen atoms in total. The van der Waals surface area contributed by atoms with E-state index in [2.05, 4.69) is 0 Å². The van der Waals surface area contributed by atoms with Gasteiger partial charge >= 0.3 is 16.1 Å². The van der Waals surface area contributed by atoms with Crippen molar-refractivity contribution in [2.45, 2.75) is 11.8 Å². The molecule has 1 aliphatic rings. The first kappa shape index (κ1) is 17.1. The molecule has 0 bridgehead atoms. The van der Waals surface area contributed by atoms with E-state index in [9.17, 15) is 13.2 Å². The van der Waals surface area contributed by atoms with Crippen molar-refractivity contribution in [1.82, 2.24) is 0 Å². The number of fused-ring (bicyclic) bond motifs is 1. The number of esters is 1. The SMILES string of the molecule is CCOC(=O)c1ccccc1OS(=O)(=O)c1ccc2c(c1)OCCO2. The third-order valence-corrected chi connectivity index (χ3v) is 4.61. The van der Waals surface area contributed by atoms with E-state index in [1.165, 1.54) is 30.3 Å². The smallest absolute Gasteiger partial charge is 0.341 e. The first-order valence-electron chi connectivity index (χ1n) is 7.61. The Balaban J connectivity index is 1.91. The fourth-order valence-electron chi connectivity index (χ4n) is 2.26. The maximum Gasteiger partial charge on any atom is 0.341 e. The van der Waals surface area contributed by atoms with Gasteiger partial charge in [-0.3, -0.25) is 0 Å². The van der Waals surface area contributed by atoms with Crippen LogP contribution in [0, 0.1) is 0 Å². The van der Waals surface area contributed by atoms with Crippen LogP contribution in [0.2, 0.25) is 0 Å². The summed E-state index contributed by atoms with van der Waals surface area (Å²) in [6, 6.07) is 10.2. The molecule has 0 atom stereocenters. The van der Waals surface area contributed by atoms with Gasteiger partial charge in [-0.2, -0.15) is 8.42 Å². The Kier molecular flexibility index (Phi) is 4.80. The molecule has 0 aliphatic carbocycles. The van der Waals surface area contributed by atoms with Crippen LogP contribution in [-0.2, 0) is 14.9 Å². The maximum atomic E-state index is 12.5.